The first-order chi connectivity index (χ1) is 8.08. The van der Waals surface area contributed by atoms with Gasteiger partial charge in [-0.05, 0) is 32.0 Å². The van der Waals surface area contributed by atoms with Gasteiger partial charge in [-0.2, -0.15) is 0 Å². The van der Waals surface area contributed by atoms with E-state index in [0.29, 0.717) is 11.6 Å². The van der Waals surface area contributed by atoms with Crippen LogP contribution in [0.25, 0.3) is 5.69 Å². The van der Waals surface area contributed by atoms with Gasteiger partial charge in [0, 0.05) is 22.9 Å². The number of hydrogen-bond acceptors (Lipinski definition) is 2. The zero-order valence-electron chi connectivity index (χ0n) is 9.61. The van der Waals surface area contributed by atoms with E-state index >= 15 is 0 Å². The Bertz CT molecular complexity index is 522. The predicted octanol–water partition coefficient (Wildman–Crippen LogP) is 3.59. The Labute approximate surface area is 108 Å². The maximum absolute atomic E-state index is 13.8. The lowest BCUT2D eigenvalue weighted by molar-refractivity contribution is 0.617. The quantitative estimate of drug-likeness (QED) is 0.938. The van der Waals surface area contributed by atoms with Crippen molar-refractivity contribution in [2.75, 3.05) is 5.32 Å². The van der Waals surface area contributed by atoms with Crippen molar-refractivity contribution in [1.82, 2.24) is 9.55 Å². The number of nitrogens with one attached hydrogen (secondary N) is 1. The second-order valence-corrected chi connectivity index (χ2v) is 4.93. The Kier molecular flexibility index (Phi) is 3.47. The van der Waals surface area contributed by atoms with E-state index in [4.69, 9.17) is 0 Å². The molecule has 1 aromatic heterocycles. The molecule has 0 atom stereocenters. The Balaban J connectivity index is 2.42. The molecule has 0 bridgehead atoms. The molecule has 2 rings (SSSR count). The van der Waals surface area contributed by atoms with Gasteiger partial charge < -0.3 is 5.32 Å². The van der Waals surface area contributed by atoms with E-state index in [2.05, 4.69) is 26.2 Å². The Hall–Kier alpha value is -1.36. The molecule has 0 aliphatic carbocycles. The van der Waals surface area contributed by atoms with Gasteiger partial charge in [0.2, 0.25) is 5.95 Å². The topological polar surface area (TPSA) is 29.9 Å². The van der Waals surface area contributed by atoms with E-state index < -0.39 is 0 Å². The molecule has 0 amide bonds. The summed E-state index contributed by atoms with van der Waals surface area (Å²) in [5, 5.41) is 3.17. The highest BCUT2D eigenvalue weighted by atomic mass is 79.9. The summed E-state index contributed by atoms with van der Waals surface area (Å²) < 4.78 is 16.2. The lowest BCUT2D eigenvalue weighted by atomic mass is 10.3. The maximum Gasteiger partial charge on any atom is 0.207 e. The fraction of sp³-hybridized carbons (Fsp3) is 0.250. The smallest absolute Gasteiger partial charge is 0.207 e. The SMILES string of the molecule is CC(C)Nc1nccn1-c1ccc(Br)cc1F. The molecule has 3 nitrogen and oxygen atoms in total. The molecule has 0 fully saturated rings. The van der Waals surface area contributed by atoms with Gasteiger partial charge in [-0.25, -0.2) is 9.37 Å². The van der Waals surface area contributed by atoms with Crippen molar-refractivity contribution in [2.45, 2.75) is 19.9 Å². The van der Waals surface area contributed by atoms with Crippen LogP contribution in [0.3, 0.4) is 0 Å². The first kappa shape index (κ1) is 12.1. The van der Waals surface area contributed by atoms with Gasteiger partial charge in [0.05, 0.1) is 5.69 Å². The molecule has 0 spiro atoms. The van der Waals surface area contributed by atoms with Crippen LogP contribution in [0.5, 0.6) is 0 Å². The lowest BCUT2D eigenvalue weighted by Gasteiger charge is -2.12. The van der Waals surface area contributed by atoms with E-state index in [-0.39, 0.29) is 11.9 Å². The molecular formula is C12H13BrFN3. The van der Waals surface area contributed by atoms with Crippen LogP contribution in [-0.4, -0.2) is 15.6 Å². The zero-order valence-corrected chi connectivity index (χ0v) is 11.2. The molecule has 1 aromatic carbocycles. The zero-order chi connectivity index (χ0) is 12.4. The van der Waals surface area contributed by atoms with Gasteiger partial charge in [-0.15, -0.1) is 0 Å². The molecule has 5 heteroatoms. The summed E-state index contributed by atoms with van der Waals surface area (Å²) in [6.45, 7) is 4.02. The van der Waals surface area contributed by atoms with Gasteiger partial charge in [0.15, 0.2) is 0 Å². The molecule has 1 heterocycles. The minimum atomic E-state index is -0.288. The third kappa shape index (κ3) is 2.66. The van der Waals surface area contributed by atoms with Gasteiger partial charge >= 0.3 is 0 Å². The average Bonchev–Trinajstić information content (AvgIpc) is 2.65. The second kappa shape index (κ2) is 4.87. The molecule has 1 N–H and O–H groups in total. The van der Waals surface area contributed by atoms with Crippen LogP contribution in [0.2, 0.25) is 0 Å². The molecule has 90 valence electrons. The van der Waals surface area contributed by atoms with E-state index in [9.17, 15) is 4.39 Å². The van der Waals surface area contributed by atoms with Crippen LogP contribution in [0.1, 0.15) is 13.8 Å². The van der Waals surface area contributed by atoms with Crippen LogP contribution in [0.4, 0.5) is 10.3 Å². The van der Waals surface area contributed by atoms with E-state index in [0.717, 1.165) is 4.47 Å². The summed E-state index contributed by atoms with van der Waals surface area (Å²) in [7, 11) is 0. The molecule has 0 saturated heterocycles. The van der Waals surface area contributed by atoms with Gasteiger partial charge in [-0.3, -0.25) is 4.57 Å². The summed E-state index contributed by atoms with van der Waals surface area (Å²) in [5.74, 6) is 0.352. The minimum absolute atomic E-state index is 0.245. The fourth-order valence-corrected chi connectivity index (χ4v) is 1.87. The number of rotatable bonds is 3. The maximum atomic E-state index is 13.8. The standard InChI is InChI=1S/C12H13BrFN3/c1-8(2)16-12-15-5-6-17(12)11-4-3-9(13)7-10(11)14/h3-8H,1-2H3,(H,15,16). The van der Waals surface area contributed by atoms with E-state index in [1.54, 1.807) is 29.1 Å². The van der Waals surface area contributed by atoms with Crippen molar-refractivity contribution in [3.8, 4) is 5.69 Å². The number of imidazole rings is 1. The first-order valence-electron chi connectivity index (χ1n) is 5.33. The largest absolute Gasteiger partial charge is 0.353 e. The van der Waals surface area contributed by atoms with Crippen LogP contribution in [0.15, 0.2) is 35.1 Å². The Morgan fingerprint density at radius 2 is 2.18 bits per heavy atom. The number of nitrogens with zero attached hydrogens (tertiary/aromatic N) is 2. The van der Waals surface area contributed by atoms with Crippen LogP contribution in [-0.2, 0) is 0 Å². The molecule has 0 aliphatic heterocycles. The van der Waals surface area contributed by atoms with Crippen molar-refractivity contribution in [1.29, 1.82) is 0 Å². The summed E-state index contributed by atoms with van der Waals surface area (Å²) in [5.41, 5.74) is 0.480. The molecule has 0 unspecified atom stereocenters. The van der Waals surface area contributed by atoms with Gasteiger partial charge in [0.1, 0.15) is 5.82 Å². The Morgan fingerprint density at radius 3 is 2.82 bits per heavy atom. The number of anilines is 1. The number of halogens is 2. The summed E-state index contributed by atoms with van der Waals surface area (Å²) in [6.07, 6.45) is 3.38. The summed E-state index contributed by atoms with van der Waals surface area (Å²) >= 11 is 3.24. The Morgan fingerprint density at radius 1 is 1.41 bits per heavy atom. The normalized spacial score (nSPS) is 10.9. The predicted molar refractivity (Wildman–Crippen MR) is 70.0 cm³/mol. The third-order valence-corrected chi connectivity index (χ3v) is 2.72. The fourth-order valence-electron chi connectivity index (χ4n) is 1.54. The minimum Gasteiger partial charge on any atom is -0.353 e. The van der Waals surface area contributed by atoms with Crippen molar-refractivity contribution < 1.29 is 4.39 Å². The highest BCUT2D eigenvalue weighted by Crippen LogP contribution is 2.21. The summed E-state index contributed by atoms with van der Waals surface area (Å²) in [6, 6.07) is 5.20. The van der Waals surface area contributed by atoms with Crippen LogP contribution < -0.4 is 5.32 Å². The van der Waals surface area contributed by atoms with E-state index in [1.165, 1.54) is 6.07 Å². The monoisotopic (exact) mass is 297 g/mol. The van der Waals surface area contributed by atoms with Crippen LogP contribution in [0, 0.1) is 5.82 Å². The number of hydrogen-bond donors (Lipinski definition) is 1. The van der Waals surface area contributed by atoms with Crippen molar-refractivity contribution in [3.05, 3.63) is 40.9 Å². The molecule has 17 heavy (non-hydrogen) atoms. The molecule has 0 saturated carbocycles. The highest BCUT2D eigenvalue weighted by molar-refractivity contribution is 9.10. The van der Waals surface area contributed by atoms with Crippen molar-refractivity contribution in [3.63, 3.8) is 0 Å². The second-order valence-electron chi connectivity index (χ2n) is 4.02. The molecular weight excluding hydrogens is 285 g/mol. The molecule has 0 aliphatic rings. The lowest BCUT2D eigenvalue weighted by Crippen LogP contribution is -2.14. The van der Waals surface area contributed by atoms with Crippen molar-refractivity contribution >= 4 is 21.9 Å². The average molecular weight is 298 g/mol. The van der Waals surface area contributed by atoms with E-state index in [1.807, 2.05) is 13.8 Å². The highest BCUT2D eigenvalue weighted by Gasteiger charge is 2.10. The molecule has 2 aromatic rings. The third-order valence-electron chi connectivity index (χ3n) is 2.23. The van der Waals surface area contributed by atoms with Crippen molar-refractivity contribution in [2.24, 2.45) is 0 Å². The number of benzene rings is 1. The van der Waals surface area contributed by atoms with Gasteiger partial charge in [-0.1, -0.05) is 15.9 Å². The number of aromatic nitrogens is 2. The van der Waals surface area contributed by atoms with Crippen LogP contribution >= 0.6 is 15.9 Å². The first-order valence-corrected chi connectivity index (χ1v) is 6.12. The summed E-state index contributed by atoms with van der Waals surface area (Å²) in [4.78, 5) is 4.17. The van der Waals surface area contributed by atoms with Gasteiger partial charge in [0.25, 0.3) is 0 Å². The molecule has 0 radical (unpaired) electrons.